The van der Waals surface area contributed by atoms with Crippen molar-refractivity contribution in [2.24, 2.45) is 11.8 Å². The molecule has 0 aromatic carbocycles. The summed E-state index contributed by atoms with van der Waals surface area (Å²) in [6.07, 6.45) is 3.00. The second kappa shape index (κ2) is 1.97. The van der Waals surface area contributed by atoms with Crippen molar-refractivity contribution in [3.63, 3.8) is 0 Å². The van der Waals surface area contributed by atoms with E-state index in [9.17, 15) is 0 Å². The van der Waals surface area contributed by atoms with Gasteiger partial charge in [-0.25, -0.2) is 0 Å². The molecule has 3 aliphatic heterocycles. The fraction of sp³-hybridized carbons (Fsp3) is 1.00. The lowest BCUT2D eigenvalue weighted by Crippen LogP contribution is -2.58. The number of piperidine rings is 3. The van der Waals surface area contributed by atoms with Gasteiger partial charge in [-0.15, -0.1) is 0 Å². The molecule has 0 aromatic heterocycles. The Hall–Kier alpha value is -0.0400. The molecule has 58 valence electrons. The zero-order chi connectivity index (χ0) is 7.19. The highest BCUT2D eigenvalue weighted by molar-refractivity contribution is 4.75. The lowest BCUT2D eigenvalue weighted by Gasteiger charge is -2.49. The van der Waals surface area contributed by atoms with E-state index in [1.807, 2.05) is 0 Å². The molecule has 0 aromatic rings. The number of hydrogen-bond donors (Lipinski definition) is 0. The maximum Gasteiger partial charge on any atom is 0.0813 e. The number of rotatable bonds is 0. The predicted molar refractivity (Wildman–Crippen MR) is 42.7 cm³/mol. The summed E-state index contributed by atoms with van der Waals surface area (Å²) < 4.78 is 1.37. The fourth-order valence-electron chi connectivity index (χ4n) is 2.81. The van der Waals surface area contributed by atoms with E-state index < -0.39 is 0 Å². The van der Waals surface area contributed by atoms with Crippen molar-refractivity contribution in [3.05, 3.63) is 0 Å². The minimum Gasteiger partial charge on any atom is -0.326 e. The summed E-state index contributed by atoms with van der Waals surface area (Å²) in [5.41, 5.74) is 0. The molecule has 0 N–H and O–H groups in total. The van der Waals surface area contributed by atoms with Gasteiger partial charge in [-0.3, -0.25) is 0 Å². The van der Waals surface area contributed by atoms with E-state index in [4.69, 9.17) is 0 Å². The maximum absolute atomic E-state index is 2.43. The second-order valence-corrected chi connectivity index (χ2v) is 4.56. The van der Waals surface area contributed by atoms with Crippen LogP contribution in [0.15, 0.2) is 0 Å². The summed E-state index contributed by atoms with van der Waals surface area (Å²) in [4.78, 5) is 0. The minimum absolute atomic E-state index is 1.01. The first-order valence-electron chi connectivity index (χ1n) is 4.53. The van der Waals surface area contributed by atoms with Crippen LogP contribution in [0.2, 0.25) is 0 Å². The van der Waals surface area contributed by atoms with Crippen molar-refractivity contribution in [1.29, 1.82) is 0 Å². The largest absolute Gasteiger partial charge is 0.326 e. The zero-order valence-corrected chi connectivity index (χ0v) is 7.14. The molecule has 1 atom stereocenters. The van der Waals surface area contributed by atoms with Crippen LogP contribution in [-0.4, -0.2) is 31.2 Å². The van der Waals surface area contributed by atoms with Crippen molar-refractivity contribution >= 4 is 0 Å². The highest BCUT2D eigenvalue weighted by Crippen LogP contribution is 2.35. The molecule has 0 radical (unpaired) electrons. The van der Waals surface area contributed by atoms with Crippen molar-refractivity contribution in [3.8, 4) is 0 Å². The first-order valence-corrected chi connectivity index (χ1v) is 4.53. The molecule has 10 heavy (non-hydrogen) atoms. The Kier molecular flexibility index (Phi) is 1.31. The third-order valence-corrected chi connectivity index (χ3v) is 3.61. The van der Waals surface area contributed by atoms with Crippen LogP contribution < -0.4 is 0 Å². The smallest absolute Gasteiger partial charge is 0.0813 e. The molecule has 1 heteroatoms. The van der Waals surface area contributed by atoms with E-state index in [0.29, 0.717) is 0 Å². The molecule has 0 saturated carbocycles. The number of quaternary nitrogens is 1. The third-order valence-electron chi connectivity index (χ3n) is 3.61. The molecular formula is C9H18N+. The zero-order valence-electron chi connectivity index (χ0n) is 7.14. The summed E-state index contributed by atoms with van der Waals surface area (Å²) >= 11 is 0. The minimum atomic E-state index is 1.01. The number of nitrogens with zero attached hydrogens (tertiary/aromatic N) is 1. The van der Waals surface area contributed by atoms with E-state index in [0.717, 1.165) is 11.8 Å². The molecule has 2 bridgehead atoms. The van der Waals surface area contributed by atoms with Crippen LogP contribution in [0.25, 0.3) is 0 Å². The van der Waals surface area contributed by atoms with Crippen molar-refractivity contribution in [2.75, 3.05) is 26.7 Å². The predicted octanol–water partition coefficient (Wildman–Crippen LogP) is 1.49. The Morgan fingerprint density at radius 2 is 1.80 bits per heavy atom. The fourth-order valence-corrected chi connectivity index (χ4v) is 2.81. The molecule has 3 fully saturated rings. The molecule has 3 rings (SSSR count). The standard InChI is InChI=1S/C9H18N/c1-8-7-10(2)5-3-9(8)4-6-10/h8-9H,3-7H2,1-2H3/q+1. The van der Waals surface area contributed by atoms with Gasteiger partial charge >= 0.3 is 0 Å². The van der Waals surface area contributed by atoms with Gasteiger partial charge in [0.1, 0.15) is 0 Å². The molecule has 3 saturated heterocycles. The molecular weight excluding hydrogens is 122 g/mol. The first-order chi connectivity index (χ1) is 4.70. The number of fused-ring (bicyclic) bond motifs is 3. The maximum atomic E-state index is 2.43. The van der Waals surface area contributed by atoms with Crippen LogP contribution in [0.1, 0.15) is 19.8 Å². The van der Waals surface area contributed by atoms with Crippen LogP contribution in [0.5, 0.6) is 0 Å². The van der Waals surface area contributed by atoms with Gasteiger partial charge in [-0.05, 0) is 5.92 Å². The van der Waals surface area contributed by atoms with Gasteiger partial charge in [0, 0.05) is 18.8 Å². The molecule has 3 aliphatic rings. The van der Waals surface area contributed by atoms with E-state index in [-0.39, 0.29) is 0 Å². The van der Waals surface area contributed by atoms with Crippen LogP contribution in [0, 0.1) is 11.8 Å². The summed E-state index contributed by atoms with van der Waals surface area (Å²) in [5.74, 6) is 2.09. The lowest BCUT2D eigenvalue weighted by molar-refractivity contribution is -0.928. The average molecular weight is 140 g/mol. The van der Waals surface area contributed by atoms with E-state index in [1.165, 1.54) is 37.0 Å². The Balaban J connectivity index is 2.14. The third kappa shape index (κ3) is 0.878. The molecule has 0 amide bonds. The highest BCUT2D eigenvalue weighted by Gasteiger charge is 2.40. The van der Waals surface area contributed by atoms with Gasteiger partial charge in [-0.1, -0.05) is 6.92 Å². The van der Waals surface area contributed by atoms with Crippen LogP contribution in [0.4, 0.5) is 0 Å². The van der Waals surface area contributed by atoms with Crippen LogP contribution in [0.3, 0.4) is 0 Å². The van der Waals surface area contributed by atoms with Crippen molar-refractivity contribution in [1.82, 2.24) is 0 Å². The first kappa shape index (κ1) is 6.66. The normalized spacial score (nSPS) is 53.4. The monoisotopic (exact) mass is 140 g/mol. The lowest BCUT2D eigenvalue weighted by atomic mass is 9.79. The average Bonchev–Trinajstić information content (AvgIpc) is 1.87. The van der Waals surface area contributed by atoms with Gasteiger partial charge in [0.25, 0.3) is 0 Å². The van der Waals surface area contributed by atoms with E-state index in [2.05, 4.69) is 14.0 Å². The Labute approximate surface area is 63.6 Å². The summed E-state index contributed by atoms with van der Waals surface area (Å²) in [5, 5.41) is 0. The van der Waals surface area contributed by atoms with Crippen molar-refractivity contribution in [2.45, 2.75) is 19.8 Å². The SMILES string of the molecule is CC1C[N+]2(C)CCC1CC2. The molecule has 0 spiro atoms. The Bertz CT molecular complexity index is 134. The Morgan fingerprint density at radius 1 is 1.20 bits per heavy atom. The van der Waals surface area contributed by atoms with Gasteiger partial charge in [0.05, 0.1) is 26.7 Å². The number of hydrogen-bond acceptors (Lipinski definition) is 0. The summed E-state index contributed by atoms with van der Waals surface area (Å²) in [7, 11) is 2.42. The van der Waals surface area contributed by atoms with Crippen LogP contribution in [-0.2, 0) is 0 Å². The van der Waals surface area contributed by atoms with E-state index in [1.54, 1.807) is 0 Å². The Morgan fingerprint density at radius 3 is 2.10 bits per heavy atom. The molecule has 3 heterocycles. The van der Waals surface area contributed by atoms with Gasteiger partial charge in [-0.2, -0.15) is 0 Å². The molecule has 1 nitrogen and oxygen atoms in total. The molecule has 1 unspecified atom stereocenters. The molecule has 0 aliphatic carbocycles. The summed E-state index contributed by atoms with van der Waals surface area (Å²) in [6, 6.07) is 0. The van der Waals surface area contributed by atoms with Crippen LogP contribution >= 0.6 is 0 Å². The van der Waals surface area contributed by atoms with Gasteiger partial charge < -0.3 is 4.48 Å². The summed E-state index contributed by atoms with van der Waals surface area (Å²) in [6.45, 7) is 6.79. The topological polar surface area (TPSA) is 0 Å². The van der Waals surface area contributed by atoms with E-state index >= 15 is 0 Å². The van der Waals surface area contributed by atoms with Gasteiger partial charge in [0.2, 0.25) is 0 Å². The van der Waals surface area contributed by atoms with Gasteiger partial charge in [0.15, 0.2) is 0 Å². The highest BCUT2D eigenvalue weighted by atomic mass is 15.3. The quantitative estimate of drug-likeness (QED) is 0.447. The van der Waals surface area contributed by atoms with Crippen molar-refractivity contribution < 1.29 is 4.48 Å². The second-order valence-electron chi connectivity index (χ2n) is 4.56.